The van der Waals surface area contributed by atoms with E-state index in [-0.39, 0.29) is 0 Å². The first-order valence-electron chi connectivity index (χ1n) is 5.92. The third-order valence-electron chi connectivity index (χ3n) is 3.14. The monoisotopic (exact) mass is 242 g/mol. The van der Waals surface area contributed by atoms with Gasteiger partial charge in [0.25, 0.3) is 5.91 Å². The average Bonchev–Trinajstić information content (AvgIpc) is 2.79. The van der Waals surface area contributed by atoms with Crippen LogP contribution in [0, 0.1) is 0 Å². The smallest absolute Gasteiger partial charge is 0.269 e. The fourth-order valence-electron chi connectivity index (χ4n) is 2.31. The minimum atomic E-state index is -0.468. The number of hydrogen-bond donors (Lipinski definition) is 2. The summed E-state index contributed by atoms with van der Waals surface area (Å²) in [6.07, 6.45) is 0. The molecule has 0 atom stereocenters. The van der Waals surface area contributed by atoms with Crippen molar-refractivity contribution in [3.8, 4) is 11.4 Å². The zero-order valence-electron chi connectivity index (χ0n) is 9.89. The van der Waals surface area contributed by atoms with Crippen molar-refractivity contribution in [3.05, 3.63) is 41.7 Å². The van der Waals surface area contributed by atoms with Crippen LogP contribution in [0.2, 0.25) is 0 Å². The Labute approximate surface area is 105 Å². The van der Waals surface area contributed by atoms with Crippen molar-refractivity contribution in [1.82, 2.24) is 14.9 Å². The molecule has 0 saturated heterocycles. The highest BCUT2D eigenvalue weighted by atomic mass is 16.1. The Kier molecular flexibility index (Phi) is 2.60. The quantitative estimate of drug-likeness (QED) is 0.816. The Balaban J connectivity index is 2.18. The maximum atomic E-state index is 11.4. The van der Waals surface area contributed by atoms with Crippen molar-refractivity contribution in [2.24, 2.45) is 5.73 Å². The van der Waals surface area contributed by atoms with Gasteiger partial charge in [-0.25, -0.2) is 4.98 Å². The second kappa shape index (κ2) is 4.27. The molecule has 3 N–H and O–H groups in total. The molecule has 2 heterocycles. The van der Waals surface area contributed by atoms with E-state index in [9.17, 15) is 4.79 Å². The van der Waals surface area contributed by atoms with E-state index < -0.39 is 5.91 Å². The number of rotatable bonds is 2. The number of nitrogens with one attached hydrogen (secondary N) is 1. The van der Waals surface area contributed by atoms with Gasteiger partial charge in [0.05, 0.1) is 5.69 Å². The summed E-state index contributed by atoms with van der Waals surface area (Å²) in [5, 5.41) is 3.23. The molecule has 1 aliphatic rings. The number of nitrogens with zero attached hydrogens (tertiary/aromatic N) is 2. The second-order valence-corrected chi connectivity index (χ2v) is 4.29. The lowest BCUT2D eigenvalue weighted by molar-refractivity contribution is 0.0994. The minimum Gasteiger partial charge on any atom is -0.364 e. The number of carbonyl (C=O) groups is 1. The molecule has 1 amide bonds. The van der Waals surface area contributed by atoms with Crippen LogP contribution in [0.4, 0.5) is 0 Å². The van der Waals surface area contributed by atoms with E-state index in [2.05, 4.69) is 14.9 Å². The summed E-state index contributed by atoms with van der Waals surface area (Å²) in [5.74, 6) is 0.352. The number of aromatic nitrogens is 2. The molecule has 0 spiro atoms. The number of amides is 1. The van der Waals surface area contributed by atoms with Crippen LogP contribution in [0.3, 0.4) is 0 Å². The molecule has 0 bridgehead atoms. The van der Waals surface area contributed by atoms with Crippen LogP contribution in [-0.4, -0.2) is 22.0 Å². The maximum absolute atomic E-state index is 11.4. The van der Waals surface area contributed by atoms with Crippen LogP contribution < -0.4 is 11.1 Å². The van der Waals surface area contributed by atoms with E-state index in [0.717, 1.165) is 30.2 Å². The summed E-state index contributed by atoms with van der Waals surface area (Å²) in [7, 11) is 0. The lowest BCUT2D eigenvalue weighted by atomic mass is 10.2. The second-order valence-electron chi connectivity index (χ2n) is 4.29. The van der Waals surface area contributed by atoms with E-state index in [1.807, 2.05) is 30.3 Å². The molecule has 1 aromatic carbocycles. The summed E-state index contributed by atoms with van der Waals surface area (Å²) < 4.78 is 2.08. The van der Waals surface area contributed by atoms with Gasteiger partial charge in [0.1, 0.15) is 5.82 Å². The molecular weight excluding hydrogens is 228 g/mol. The molecule has 0 aliphatic carbocycles. The van der Waals surface area contributed by atoms with Gasteiger partial charge in [-0.2, -0.15) is 0 Å². The first-order chi connectivity index (χ1) is 8.77. The van der Waals surface area contributed by atoms with Gasteiger partial charge in [0, 0.05) is 25.2 Å². The Morgan fingerprint density at radius 3 is 2.83 bits per heavy atom. The molecule has 5 nitrogen and oxygen atoms in total. The Bertz CT molecular complexity index is 589. The van der Waals surface area contributed by atoms with Crippen molar-refractivity contribution in [3.63, 3.8) is 0 Å². The maximum Gasteiger partial charge on any atom is 0.269 e. The molecule has 92 valence electrons. The summed E-state index contributed by atoms with van der Waals surface area (Å²) in [6, 6.07) is 9.86. The van der Waals surface area contributed by atoms with Gasteiger partial charge < -0.3 is 15.6 Å². The van der Waals surface area contributed by atoms with Gasteiger partial charge in [-0.3, -0.25) is 4.79 Å². The van der Waals surface area contributed by atoms with E-state index >= 15 is 0 Å². The van der Waals surface area contributed by atoms with Crippen LogP contribution in [-0.2, 0) is 13.1 Å². The molecule has 0 unspecified atom stereocenters. The van der Waals surface area contributed by atoms with Gasteiger partial charge in [-0.1, -0.05) is 30.3 Å². The van der Waals surface area contributed by atoms with Gasteiger partial charge in [-0.05, 0) is 0 Å². The Hall–Kier alpha value is -2.14. The van der Waals surface area contributed by atoms with E-state index in [1.165, 1.54) is 0 Å². The highest BCUT2D eigenvalue weighted by molar-refractivity contribution is 5.93. The molecule has 1 aliphatic heterocycles. The molecule has 0 radical (unpaired) electrons. The molecule has 0 fully saturated rings. The lowest BCUT2D eigenvalue weighted by Gasteiger charge is -2.18. The van der Waals surface area contributed by atoms with Crippen LogP contribution in [0.25, 0.3) is 11.4 Å². The fraction of sp³-hybridized carbons (Fsp3) is 0.231. The normalized spacial score (nSPS) is 14.2. The van der Waals surface area contributed by atoms with Crippen molar-refractivity contribution in [2.45, 2.75) is 13.1 Å². The first-order valence-corrected chi connectivity index (χ1v) is 5.92. The van der Waals surface area contributed by atoms with E-state index in [0.29, 0.717) is 12.2 Å². The zero-order valence-corrected chi connectivity index (χ0v) is 9.89. The lowest BCUT2D eigenvalue weighted by Crippen LogP contribution is -2.30. The predicted molar refractivity (Wildman–Crippen MR) is 67.9 cm³/mol. The summed E-state index contributed by atoms with van der Waals surface area (Å²) >= 11 is 0. The molecular formula is C13H14N4O. The summed E-state index contributed by atoms with van der Waals surface area (Å²) in [6.45, 7) is 2.32. The molecule has 18 heavy (non-hydrogen) atoms. The number of primary amides is 1. The van der Waals surface area contributed by atoms with E-state index in [4.69, 9.17) is 5.73 Å². The Morgan fingerprint density at radius 2 is 2.11 bits per heavy atom. The van der Waals surface area contributed by atoms with Gasteiger partial charge in [0.15, 0.2) is 5.69 Å². The molecule has 5 heteroatoms. The number of nitrogens with two attached hydrogens (primary N) is 1. The van der Waals surface area contributed by atoms with Crippen LogP contribution in [0.15, 0.2) is 30.3 Å². The van der Waals surface area contributed by atoms with Crippen LogP contribution >= 0.6 is 0 Å². The van der Waals surface area contributed by atoms with E-state index in [1.54, 1.807) is 0 Å². The first kappa shape index (κ1) is 11.0. The van der Waals surface area contributed by atoms with Crippen molar-refractivity contribution in [1.29, 1.82) is 0 Å². The fourth-order valence-corrected chi connectivity index (χ4v) is 2.31. The number of benzene rings is 1. The number of fused-ring (bicyclic) bond motifs is 1. The van der Waals surface area contributed by atoms with Crippen LogP contribution in [0.1, 0.15) is 16.2 Å². The highest BCUT2D eigenvalue weighted by Gasteiger charge is 2.23. The Morgan fingerprint density at radius 1 is 1.33 bits per heavy atom. The van der Waals surface area contributed by atoms with Crippen molar-refractivity contribution in [2.75, 3.05) is 6.54 Å². The summed E-state index contributed by atoms with van der Waals surface area (Å²) in [5.41, 5.74) is 7.65. The zero-order chi connectivity index (χ0) is 12.5. The molecule has 2 aromatic rings. The third kappa shape index (κ3) is 1.69. The van der Waals surface area contributed by atoms with Gasteiger partial charge >= 0.3 is 0 Å². The third-order valence-corrected chi connectivity index (χ3v) is 3.14. The molecule has 3 rings (SSSR count). The van der Waals surface area contributed by atoms with Gasteiger partial charge in [0.2, 0.25) is 0 Å². The summed E-state index contributed by atoms with van der Waals surface area (Å²) in [4.78, 5) is 15.8. The minimum absolute atomic E-state index is 0.376. The predicted octanol–water partition coefficient (Wildman–Crippen LogP) is 0.752. The van der Waals surface area contributed by atoms with Crippen molar-refractivity contribution < 1.29 is 4.79 Å². The molecule has 1 aromatic heterocycles. The number of carbonyl (C=O) groups excluding carboxylic acids is 1. The largest absolute Gasteiger partial charge is 0.364 e. The number of imidazole rings is 1. The highest BCUT2D eigenvalue weighted by Crippen LogP contribution is 2.23. The molecule has 0 saturated carbocycles. The van der Waals surface area contributed by atoms with Crippen molar-refractivity contribution >= 4 is 5.91 Å². The number of hydrogen-bond acceptors (Lipinski definition) is 3. The standard InChI is InChI=1S/C13H14N4O/c14-12(18)11-10-8-15-6-7-17(10)13(16-11)9-4-2-1-3-5-9/h1-5,15H,6-8H2,(H2,14,18). The SMILES string of the molecule is NC(=O)c1nc(-c2ccccc2)n2c1CNCC2. The van der Waals surface area contributed by atoms with Crippen LogP contribution in [0.5, 0.6) is 0 Å². The average molecular weight is 242 g/mol. The topological polar surface area (TPSA) is 72.9 Å². The van der Waals surface area contributed by atoms with Gasteiger partial charge in [-0.15, -0.1) is 0 Å².